The molecule has 146 valence electrons. The number of nitrogens with one attached hydrogen (secondary N) is 1. The van der Waals surface area contributed by atoms with E-state index in [9.17, 15) is 9.59 Å². The summed E-state index contributed by atoms with van der Waals surface area (Å²) in [5, 5.41) is 7.58. The summed E-state index contributed by atoms with van der Waals surface area (Å²) >= 11 is 0. The van der Waals surface area contributed by atoms with Crippen molar-refractivity contribution in [2.45, 2.75) is 65.1 Å². The smallest absolute Gasteiger partial charge is 0.307 e. The first-order chi connectivity index (χ1) is 12.3. The van der Waals surface area contributed by atoms with Gasteiger partial charge >= 0.3 is 5.97 Å². The number of nitrogens with zero attached hydrogens (tertiary/aromatic N) is 3. The lowest BCUT2D eigenvalue weighted by Gasteiger charge is -2.25. The standard InChI is InChI=1S/C19H32N4O3/c1-6-23-17(10-14(21-23)9-13(2)3)19(25)20-12-16-8-7-15(22(16)4)11-18(24)26-5/h10,13,15-16H,6-9,11-12H2,1-5H3,(H,20,25)/t15-,16+/m1/s1. The van der Waals surface area contributed by atoms with Gasteiger partial charge in [-0.3, -0.25) is 19.2 Å². The first kappa shape index (κ1) is 20.4. The molecule has 1 N–H and O–H groups in total. The molecule has 0 radical (unpaired) electrons. The summed E-state index contributed by atoms with van der Waals surface area (Å²) in [6.45, 7) is 7.52. The summed E-state index contributed by atoms with van der Waals surface area (Å²) in [7, 11) is 3.42. The SMILES string of the molecule is CCn1nc(CC(C)C)cc1C(=O)NC[C@@H]1CC[C@H](CC(=O)OC)N1C. The molecule has 1 aromatic heterocycles. The number of rotatable bonds is 8. The highest BCUT2D eigenvalue weighted by molar-refractivity contribution is 5.92. The second-order valence-corrected chi connectivity index (χ2v) is 7.48. The van der Waals surface area contributed by atoms with Gasteiger partial charge in [-0.05, 0) is 45.2 Å². The number of esters is 1. The Labute approximate surface area is 156 Å². The summed E-state index contributed by atoms with van der Waals surface area (Å²) in [6, 6.07) is 2.32. The van der Waals surface area contributed by atoms with Gasteiger partial charge in [0.1, 0.15) is 5.69 Å². The van der Waals surface area contributed by atoms with Gasteiger partial charge in [0.2, 0.25) is 0 Å². The molecule has 2 heterocycles. The second kappa shape index (κ2) is 9.16. The van der Waals surface area contributed by atoms with Gasteiger partial charge in [0, 0.05) is 25.2 Å². The maximum atomic E-state index is 12.6. The topological polar surface area (TPSA) is 76.5 Å². The van der Waals surface area contributed by atoms with E-state index in [2.05, 4.69) is 29.2 Å². The van der Waals surface area contributed by atoms with Crippen LogP contribution in [0.2, 0.25) is 0 Å². The Bertz CT molecular complexity index is 626. The van der Waals surface area contributed by atoms with Crippen LogP contribution in [-0.2, 0) is 22.5 Å². The van der Waals surface area contributed by atoms with Crippen molar-refractivity contribution in [2.75, 3.05) is 20.7 Å². The summed E-state index contributed by atoms with van der Waals surface area (Å²) < 4.78 is 6.53. The third kappa shape index (κ3) is 5.06. The van der Waals surface area contributed by atoms with Crippen LogP contribution in [0, 0.1) is 5.92 Å². The van der Waals surface area contributed by atoms with Crippen LogP contribution in [0.5, 0.6) is 0 Å². The van der Waals surface area contributed by atoms with Crippen LogP contribution in [0.4, 0.5) is 0 Å². The highest BCUT2D eigenvalue weighted by Crippen LogP contribution is 2.24. The van der Waals surface area contributed by atoms with E-state index >= 15 is 0 Å². The molecule has 1 amide bonds. The fraction of sp³-hybridized carbons (Fsp3) is 0.737. The van der Waals surface area contributed by atoms with Crippen LogP contribution >= 0.6 is 0 Å². The van der Waals surface area contributed by atoms with Crippen molar-refractivity contribution in [3.8, 4) is 0 Å². The Morgan fingerprint density at radius 2 is 2.04 bits per heavy atom. The zero-order valence-corrected chi connectivity index (χ0v) is 16.6. The van der Waals surface area contributed by atoms with Crippen LogP contribution in [0.3, 0.4) is 0 Å². The summed E-state index contributed by atoms with van der Waals surface area (Å²) in [5.41, 5.74) is 1.58. The van der Waals surface area contributed by atoms with Gasteiger partial charge in [-0.1, -0.05) is 13.8 Å². The van der Waals surface area contributed by atoms with Gasteiger partial charge < -0.3 is 10.1 Å². The summed E-state index contributed by atoms with van der Waals surface area (Å²) in [4.78, 5) is 26.3. The molecule has 7 nitrogen and oxygen atoms in total. The average Bonchev–Trinajstić information content (AvgIpc) is 3.16. The number of methoxy groups -OCH3 is 1. The Kier molecular flexibility index (Phi) is 7.20. The molecule has 1 aliphatic heterocycles. The number of likely N-dealkylation sites (tertiary alicyclic amines) is 1. The van der Waals surface area contributed by atoms with Gasteiger partial charge in [0.05, 0.1) is 19.2 Å². The number of ether oxygens (including phenoxy) is 1. The average molecular weight is 364 g/mol. The lowest BCUT2D eigenvalue weighted by Crippen LogP contribution is -2.42. The van der Waals surface area contributed by atoms with E-state index in [0.717, 1.165) is 25.0 Å². The number of likely N-dealkylation sites (N-methyl/N-ethyl adjacent to an activating group) is 1. The first-order valence-electron chi connectivity index (χ1n) is 9.49. The summed E-state index contributed by atoms with van der Waals surface area (Å²) in [5.74, 6) is 0.236. The molecule has 1 aromatic rings. The maximum absolute atomic E-state index is 12.6. The second-order valence-electron chi connectivity index (χ2n) is 7.48. The van der Waals surface area contributed by atoms with Crippen molar-refractivity contribution >= 4 is 11.9 Å². The van der Waals surface area contributed by atoms with Gasteiger partial charge in [-0.25, -0.2) is 0 Å². The lowest BCUT2D eigenvalue weighted by atomic mass is 10.1. The quantitative estimate of drug-likeness (QED) is 0.713. The minimum atomic E-state index is -0.184. The van der Waals surface area contributed by atoms with Gasteiger partial charge in [0.15, 0.2) is 0 Å². The number of aromatic nitrogens is 2. The summed E-state index contributed by atoms with van der Waals surface area (Å²) in [6.07, 6.45) is 3.17. The predicted molar refractivity (Wildman–Crippen MR) is 100.0 cm³/mol. The molecule has 0 spiro atoms. The molecule has 26 heavy (non-hydrogen) atoms. The molecule has 0 aliphatic carbocycles. The number of amides is 1. The van der Waals surface area contributed by atoms with Gasteiger partial charge in [0.25, 0.3) is 5.91 Å². The largest absolute Gasteiger partial charge is 0.469 e. The predicted octanol–water partition coefficient (Wildman–Crippen LogP) is 1.86. The monoisotopic (exact) mass is 364 g/mol. The molecule has 1 saturated heterocycles. The van der Waals surface area contributed by atoms with E-state index in [-0.39, 0.29) is 24.0 Å². The minimum Gasteiger partial charge on any atom is -0.469 e. The van der Waals surface area contributed by atoms with E-state index in [4.69, 9.17) is 4.74 Å². The van der Waals surface area contributed by atoms with Crippen LogP contribution in [-0.4, -0.2) is 59.3 Å². The molecule has 7 heteroatoms. The molecule has 0 bridgehead atoms. The lowest BCUT2D eigenvalue weighted by molar-refractivity contribution is -0.141. The van der Waals surface area contributed by atoms with Crippen LogP contribution in [0.15, 0.2) is 6.07 Å². The highest BCUT2D eigenvalue weighted by Gasteiger charge is 2.32. The van der Waals surface area contributed by atoms with Crippen molar-refractivity contribution in [2.24, 2.45) is 5.92 Å². The number of hydrogen-bond donors (Lipinski definition) is 1. The van der Waals surface area contributed by atoms with E-state index in [0.29, 0.717) is 31.1 Å². The van der Waals surface area contributed by atoms with E-state index < -0.39 is 0 Å². The molecule has 1 aliphatic rings. The van der Waals surface area contributed by atoms with Crippen molar-refractivity contribution in [1.82, 2.24) is 20.0 Å². The molecule has 2 rings (SSSR count). The number of hydrogen-bond acceptors (Lipinski definition) is 5. The van der Waals surface area contributed by atoms with Crippen LogP contribution < -0.4 is 5.32 Å². The third-order valence-electron chi connectivity index (χ3n) is 5.09. The Morgan fingerprint density at radius 3 is 2.65 bits per heavy atom. The van der Waals surface area contributed by atoms with Gasteiger partial charge in [-0.2, -0.15) is 5.10 Å². The molecule has 0 aromatic carbocycles. The Morgan fingerprint density at radius 1 is 1.35 bits per heavy atom. The van der Waals surface area contributed by atoms with Crippen molar-refractivity contribution in [3.05, 3.63) is 17.5 Å². The van der Waals surface area contributed by atoms with E-state index in [1.165, 1.54) is 7.11 Å². The molecule has 2 atom stereocenters. The molecule has 0 saturated carbocycles. The molecule has 1 fully saturated rings. The van der Waals surface area contributed by atoms with E-state index in [1.807, 2.05) is 20.0 Å². The first-order valence-corrected chi connectivity index (χ1v) is 9.49. The fourth-order valence-corrected chi connectivity index (χ4v) is 3.57. The van der Waals surface area contributed by atoms with E-state index in [1.54, 1.807) is 4.68 Å². The Balaban J connectivity index is 1.92. The molecular weight excluding hydrogens is 332 g/mol. The van der Waals surface area contributed by atoms with Crippen LogP contribution in [0.1, 0.15) is 56.2 Å². The molecule has 0 unspecified atom stereocenters. The number of carbonyl (C=O) groups excluding carboxylic acids is 2. The zero-order valence-electron chi connectivity index (χ0n) is 16.6. The van der Waals surface area contributed by atoms with Crippen molar-refractivity contribution in [1.29, 1.82) is 0 Å². The van der Waals surface area contributed by atoms with Crippen molar-refractivity contribution < 1.29 is 14.3 Å². The normalized spacial score (nSPS) is 20.5. The molecular formula is C19H32N4O3. The van der Waals surface area contributed by atoms with Crippen molar-refractivity contribution in [3.63, 3.8) is 0 Å². The maximum Gasteiger partial charge on any atom is 0.307 e. The van der Waals surface area contributed by atoms with Gasteiger partial charge in [-0.15, -0.1) is 0 Å². The minimum absolute atomic E-state index is 0.0841. The Hall–Kier alpha value is -1.89. The number of aryl methyl sites for hydroxylation is 1. The number of carbonyl (C=O) groups is 2. The third-order valence-corrected chi connectivity index (χ3v) is 5.09. The fourth-order valence-electron chi connectivity index (χ4n) is 3.57. The zero-order chi connectivity index (χ0) is 19.3. The van der Waals surface area contributed by atoms with Crippen LogP contribution in [0.25, 0.3) is 0 Å². The highest BCUT2D eigenvalue weighted by atomic mass is 16.5.